The second-order valence-corrected chi connectivity index (χ2v) is 14.7. The maximum Gasteiger partial charge on any atom is 0.164 e. The number of hydrogen-bond donors (Lipinski definition) is 0. The van der Waals surface area contributed by atoms with Gasteiger partial charge >= 0.3 is 0 Å². The van der Waals surface area contributed by atoms with Gasteiger partial charge in [0.15, 0.2) is 17.5 Å². The van der Waals surface area contributed by atoms with E-state index in [9.17, 15) is 0 Å². The van der Waals surface area contributed by atoms with Gasteiger partial charge in [0.2, 0.25) is 0 Å². The third kappa shape index (κ3) is 6.39. The van der Waals surface area contributed by atoms with Crippen LogP contribution in [0.4, 0.5) is 0 Å². The number of thiophene rings is 1. The van der Waals surface area contributed by atoms with Gasteiger partial charge in [-0.2, -0.15) is 0 Å². The fourth-order valence-electron chi connectivity index (χ4n) is 7.39. The van der Waals surface area contributed by atoms with Gasteiger partial charge in [-0.3, -0.25) is 0 Å². The highest BCUT2D eigenvalue weighted by atomic mass is 32.1. The fourth-order valence-corrected chi connectivity index (χ4v) is 8.50. The van der Waals surface area contributed by atoms with Gasteiger partial charge in [0.25, 0.3) is 0 Å². The molecule has 2 heterocycles. The maximum absolute atomic E-state index is 5.21. The van der Waals surface area contributed by atoms with Gasteiger partial charge in [-0.25, -0.2) is 15.0 Å². The van der Waals surface area contributed by atoms with Crippen LogP contribution >= 0.6 is 11.3 Å². The molecule has 55 heavy (non-hydrogen) atoms. The van der Waals surface area contributed by atoms with Crippen molar-refractivity contribution in [2.24, 2.45) is 0 Å². The van der Waals surface area contributed by atoms with Gasteiger partial charge in [0.1, 0.15) is 0 Å². The van der Waals surface area contributed by atoms with Crippen molar-refractivity contribution in [2.45, 2.75) is 0 Å². The van der Waals surface area contributed by atoms with Crippen molar-refractivity contribution in [1.29, 1.82) is 0 Å². The Morgan fingerprint density at radius 3 is 1.27 bits per heavy atom. The Labute approximate surface area is 323 Å². The molecule has 0 radical (unpaired) electrons. The van der Waals surface area contributed by atoms with Crippen molar-refractivity contribution in [3.05, 3.63) is 200 Å². The van der Waals surface area contributed by atoms with Gasteiger partial charge in [0, 0.05) is 36.9 Å². The Kier molecular flexibility index (Phi) is 8.36. The van der Waals surface area contributed by atoms with Crippen molar-refractivity contribution < 1.29 is 0 Å². The van der Waals surface area contributed by atoms with E-state index < -0.39 is 0 Å². The van der Waals surface area contributed by atoms with Crippen molar-refractivity contribution >= 4 is 31.5 Å². The van der Waals surface area contributed by atoms with E-state index in [-0.39, 0.29) is 0 Å². The summed E-state index contributed by atoms with van der Waals surface area (Å²) in [5.41, 5.74) is 12.3. The molecule has 8 aromatic carbocycles. The molecule has 4 heteroatoms. The lowest BCUT2D eigenvalue weighted by Crippen LogP contribution is -2.00. The average Bonchev–Trinajstić information content (AvgIpc) is 3.66. The largest absolute Gasteiger partial charge is 0.208 e. The zero-order valence-electron chi connectivity index (χ0n) is 29.8. The summed E-state index contributed by atoms with van der Waals surface area (Å²) in [7, 11) is 0. The third-order valence-corrected chi connectivity index (χ3v) is 11.3. The van der Waals surface area contributed by atoms with Gasteiger partial charge in [-0.05, 0) is 80.9 Å². The van der Waals surface area contributed by atoms with Gasteiger partial charge in [-0.15, -0.1) is 11.3 Å². The highest BCUT2D eigenvalue weighted by Gasteiger charge is 2.18. The quantitative estimate of drug-likeness (QED) is 0.165. The summed E-state index contributed by atoms with van der Waals surface area (Å²) in [5, 5.41) is 2.35. The molecule has 10 aromatic rings. The first-order valence-corrected chi connectivity index (χ1v) is 19.2. The molecular formula is C51H33N3S. The number of aromatic nitrogens is 3. The molecule has 2 aromatic heterocycles. The highest BCUT2D eigenvalue weighted by Crippen LogP contribution is 2.42. The van der Waals surface area contributed by atoms with Crippen LogP contribution in [0.5, 0.6) is 0 Å². The number of fused-ring (bicyclic) bond motifs is 3. The van der Waals surface area contributed by atoms with E-state index in [1.165, 1.54) is 48.2 Å². The lowest BCUT2D eigenvalue weighted by atomic mass is 9.95. The molecule has 0 bridgehead atoms. The normalized spacial score (nSPS) is 11.3. The van der Waals surface area contributed by atoms with Crippen molar-refractivity contribution in [3.8, 4) is 78.7 Å². The van der Waals surface area contributed by atoms with E-state index in [1.807, 2.05) is 24.3 Å². The van der Waals surface area contributed by atoms with Crippen LogP contribution in [-0.2, 0) is 0 Å². The fraction of sp³-hybridized carbons (Fsp3) is 0. The molecule has 0 aliphatic carbocycles. The van der Waals surface area contributed by atoms with Crippen LogP contribution in [0.3, 0.4) is 0 Å². The van der Waals surface area contributed by atoms with Crippen LogP contribution in [0.15, 0.2) is 200 Å². The second kappa shape index (κ2) is 14.1. The minimum absolute atomic E-state index is 0.645. The summed E-state index contributed by atoms with van der Waals surface area (Å²) >= 11 is 1.80. The monoisotopic (exact) mass is 719 g/mol. The second-order valence-electron chi connectivity index (χ2n) is 13.6. The summed E-state index contributed by atoms with van der Waals surface area (Å²) in [5.74, 6) is 1.95. The molecule has 3 nitrogen and oxygen atoms in total. The summed E-state index contributed by atoms with van der Waals surface area (Å²) in [6.07, 6.45) is 0. The Hall–Kier alpha value is -7.01. The molecule has 0 aliphatic rings. The molecule has 258 valence electrons. The maximum atomic E-state index is 5.21. The Bertz CT molecular complexity index is 2970. The standard InChI is InChI=1S/C51H33N3S/c1-4-14-34(15-5-1)37-20-10-22-39(30-37)40-23-11-24-41(31-40)42-28-29-46-45(33-42)48-44(26-13-27-47(48)55-46)51-53-49(36-18-8-3-9-19-36)52-50(54-51)43-25-12-21-38(32-43)35-16-6-2-7-17-35/h1-33H. The molecule has 0 saturated carbocycles. The summed E-state index contributed by atoms with van der Waals surface area (Å²) in [6.45, 7) is 0. The van der Waals surface area contributed by atoms with E-state index in [1.54, 1.807) is 11.3 Å². The van der Waals surface area contributed by atoms with Crippen LogP contribution in [0.1, 0.15) is 0 Å². The summed E-state index contributed by atoms with van der Waals surface area (Å²) in [4.78, 5) is 15.4. The molecule has 0 N–H and O–H groups in total. The van der Waals surface area contributed by atoms with Crippen LogP contribution in [-0.4, -0.2) is 15.0 Å². The first-order valence-electron chi connectivity index (χ1n) is 18.4. The first kappa shape index (κ1) is 32.6. The Balaban J connectivity index is 1.10. The van der Waals surface area contributed by atoms with Gasteiger partial charge in [-0.1, -0.05) is 164 Å². The number of rotatable bonds is 7. The zero-order valence-corrected chi connectivity index (χ0v) is 30.6. The summed E-state index contributed by atoms with van der Waals surface area (Å²) < 4.78 is 2.43. The minimum Gasteiger partial charge on any atom is -0.208 e. The Morgan fingerprint density at radius 2 is 0.691 bits per heavy atom. The smallest absolute Gasteiger partial charge is 0.164 e. The van der Waals surface area contributed by atoms with Crippen LogP contribution < -0.4 is 0 Å². The minimum atomic E-state index is 0.645. The van der Waals surface area contributed by atoms with Crippen LogP contribution in [0.2, 0.25) is 0 Å². The van der Waals surface area contributed by atoms with Crippen molar-refractivity contribution in [1.82, 2.24) is 15.0 Å². The molecule has 0 saturated heterocycles. The van der Waals surface area contributed by atoms with Crippen molar-refractivity contribution in [3.63, 3.8) is 0 Å². The molecule has 0 unspecified atom stereocenters. The van der Waals surface area contributed by atoms with Gasteiger partial charge < -0.3 is 0 Å². The predicted octanol–water partition coefficient (Wildman–Crippen LogP) is 13.9. The topological polar surface area (TPSA) is 38.7 Å². The predicted molar refractivity (Wildman–Crippen MR) is 231 cm³/mol. The number of benzene rings is 8. The van der Waals surface area contributed by atoms with E-state index >= 15 is 0 Å². The lowest BCUT2D eigenvalue weighted by molar-refractivity contribution is 1.08. The SMILES string of the molecule is c1ccc(-c2cccc(-c3cccc(-c4ccc5sc6cccc(-c7nc(-c8ccccc8)nc(-c8cccc(-c9ccccc9)c8)n7)c6c5c4)c3)c2)cc1. The van der Waals surface area contributed by atoms with E-state index in [2.05, 4.69) is 176 Å². The van der Waals surface area contributed by atoms with Crippen molar-refractivity contribution in [2.75, 3.05) is 0 Å². The lowest BCUT2D eigenvalue weighted by Gasteiger charge is -2.11. The van der Waals surface area contributed by atoms with E-state index in [0.29, 0.717) is 17.5 Å². The van der Waals surface area contributed by atoms with Gasteiger partial charge in [0.05, 0.1) is 0 Å². The highest BCUT2D eigenvalue weighted by molar-refractivity contribution is 7.26. The first-order chi connectivity index (χ1) is 27.2. The number of hydrogen-bond acceptors (Lipinski definition) is 4. The van der Waals surface area contributed by atoms with Crippen LogP contribution in [0.25, 0.3) is 98.8 Å². The molecule has 0 atom stereocenters. The molecule has 10 rings (SSSR count). The third-order valence-electron chi connectivity index (χ3n) is 10.1. The molecule has 0 spiro atoms. The number of nitrogens with zero attached hydrogens (tertiary/aromatic N) is 3. The Morgan fingerprint density at radius 1 is 0.273 bits per heavy atom. The van der Waals surface area contributed by atoms with E-state index in [4.69, 9.17) is 15.0 Å². The molecular weight excluding hydrogens is 687 g/mol. The van der Waals surface area contributed by atoms with E-state index in [0.717, 1.165) is 33.2 Å². The molecule has 0 aliphatic heterocycles. The average molecular weight is 720 g/mol. The zero-order chi connectivity index (χ0) is 36.6. The summed E-state index contributed by atoms with van der Waals surface area (Å²) in [6, 6.07) is 70.6. The molecule has 0 amide bonds. The van der Waals surface area contributed by atoms with Crippen LogP contribution in [0, 0.1) is 0 Å². The molecule has 0 fully saturated rings.